The van der Waals surface area contributed by atoms with E-state index >= 15 is 0 Å². The lowest BCUT2D eigenvalue weighted by Gasteiger charge is -2.37. The average molecular weight is 640 g/mol. The quantitative estimate of drug-likeness (QED) is 0.149. The lowest BCUT2D eigenvalue weighted by Crippen LogP contribution is -2.54. The third kappa shape index (κ3) is 7.39. The summed E-state index contributed by atoms with van der Waals surface area (Å²) >= 11 is 0. The molecule has 1 amide bonds. The number of carbonyl (C=O) groups is 2. The Bertz CT molecular complexity index is 1550. The highest BCUT2D eigenvalue weighted by molar-refractivity contribution is 6.11. The molecular weight excluding hydrogens is 604 g/mol. The Labute approximate surface area is 262 Å². The van der Waals surface area contributed by atoms with E-state index in [1.54, 1.807) is 24.3 Å². The van der Waals surface area contributed by atoms with E-state index in [2.05, 4.69) is 30.1 Å². The number of ketones is 1. The third-order valence-corrected chi connectivity index (χ3v) is 7.68. The number of halogens is 2. The second-order valence-electron chi connectivity index (χ2n) is 11.8. The van der Waals surface area contributed by atoms with Crippen LogP contribution in [0.4, 0.5) is 38.0 Å². The molecule has 0 aliphatic carbocycles. The van der Waals surface area contributed by atoms with E-state index in [1.165, 1.54) is 18.2 Å². The van der Waals surface area contributed by atoms with Crippen molar-refractivity contribution < 1.29 is 27.8 Å². The fourth-order valence-electron chi connectivity index (χ4n) is 5.72. The molecular formula is C29H35F2N11O4. The van der Waals surface area contributed by atoms with Gasteiger partial charge < -0.3 is 52.8 Å². The summed E-state index contributed by atoms with van der Waals surface area (Å²) in [6.07, 6.45) is -2.86. The summed E-state index contributed by atoms with van der Waals surface area (Å²) in [7, 11) is 0. The summed E-state index contributed by atoms with van der Waals surface area (Å²) in [5.74, 6) is -0.355. The number of benzene rings is 2. The van der Waals surface area contributed by atoms with Gasteiger partial charge in [0.15, 0.2) is 17.3 Å². The van der Waals surface area contributed by atoms with Gasteiger partial charge in [0.1, 0.15) is 0 Å². The maximum absolute atomic E-state index is 13.3. The number of aromatic nitrogens is 3. The van der Waals surface area contributed by atoms with E-state index in [1.807, 2.05) is 9.80 Å². The molecule has 0 unspecified atom stereocenters. The number of hydrogen-bond acceptors (Lipinski definition) is 14. The molecule has 3 aliphatic heterocycles. The van der Waals surface area contributed by atoms with Gasteiger partial charge in [-0.2, -0.15) is 15.0 Å². The van der Waals surface area contributed by atoms with Crippen molar-refractivity contribution in [3.05, 3.63) is 48.0 Å². The topological polar surface area (TPSA) is 226 Å². The SMILES string of the molecule is N[C@@H]1C[C@H](N)CN(c2nc(Nc3ccc(C(=O)CC(=O)Nc4ccc5c(c4)OC(F)(F)O5)cc3)nc(N3C[C@H](N)C[C@H](N)C3)n2)C1. The monoisotopic (exact) mass is 639 g/mol. The first-order chi connectivity index (χ1) is 21.9. The van der Waals surface area contributed by atoms with Crippen LogP contribution >= 0.6 is 0 Å². The van der Waals surface area contributed by atoms with Gasteiger partial charge in [-0.15, -0.1) is 8.78 Å². The summed E-state index contributed by atoms with van der Waals surface area (Å²) in [6, 6.07) is 9.73. The number of ether oxygens (including phenoxy) is 2. The summed E-state index contributed by atoms with van der Waals surface area (Å²) < 4.78 is 35.3. The van der Waals surface area contributed by atoms with Crippen LogP contribution < -0.4 is 52.8 Å². The molecule has 15 nitrogen and oxygen atoms in total. The molecule has 10 N–H and O–H groups in total. The number of hydrogen-bond donors (Lipinski definition) is 6. The molecule has 4 heterocycles. The molecule has 0 saturated carbocycles. The number of carbonyl (C=O) groups excluding carboxylic acids is 2. The Hall–Kier alpha value is -4.71. The van der Waals surface area contributed by atoms with Crippen molar-refractivity contribution in [1.29, 1.82) is 0 Å². The Balaban J connectivity index is 1.13. The second kappa shape index (κ2) is 12.6. The van der Waals surface area contributed by atoms with Crippen molar-refractivity contribution in [2.24, 2.45) is 22.9 Å². The van der Waals surface area contributed by atoms with Gasteiger partial charge in [0.2, 0.25) is 23.8 Å². The van der Waals surface area contributed by atoms with Crippen LogP contribution in [0.5, 0.6) is 11.5 Å². The molecule has 6 rings (SSSR count). The van der Waals surface area contributed by atoms with Crippen molar-refractivity contribution >= 4 is 40.9 Å². The summed E-state index contributed by atoms with van der Waals surface area (Å²) in [5, 5.41) is 5.67. The number of amides is 1. The Morgan fingerprint density at radius 1 is 0.783 bits per heavy atom. The number of nitrogens with two attached hydrogens (primary N) is 4. The van der Waals surface area contributed by atoms with Gasteiger partial charge in [0, 0.05) is 73.4 Å². The second-order valence-corrected chi connectivity index (χ2v) is 11.8. The number of Topliss-reactive ketones (excluding diaryl/α,β-unsaturated/α-hetero) is 1. The van der Waals surface area contributed by atoms with Gasteiger partial charge in [-0.1, -0.05) is 0 Å². The van der Waals surface area contributed by atoms with Crippen LogP contribution in [-0.4, -0.2) is 83.3 Å². The van der Waals surface area contributed by atoms with E-state index in [0.29, 0.717) is 56.6 Å². The molecule has 2 saturated heterocycles. The summed E-state index contributed by atoms with van der Waals surface area (Å²) in [5.41, 5.74) is 26.0. The highest BCUT2D eigenvalue weighted by atomic mass is 19.3. The predicted molar refractivity (Wildman–Crippen MR) is 165 cm³/mol. The van der Waals surface area contributed by atoms with Crippen molar-refractivity contribution in [2.45, 2.75) is 49.7 Å². The van der Waals surface area contributed by atoms with Gasteiger partial charge in [-0.05, 0) is 49.2 Å². The minimum absolute atomic E-state index is 0.130. The first kappa shape index (κ1) is 31.3. The van der Waals surface area contributed by atoms with Crippen LogP contribution in [0.1, 0.15) is 29.6 Å². The number of fused-ring (bicyclic) bond motifs is 1. The maximum atomic E-state index is 13.3. The average Bonchev–Trinajstić information content (AvgIpc) is 3.29. The minimum Gasteiger partial charge on any atom is -0.395 e. The van der Waals surface area contributed by atoms with Gasteiger partial charge in [-0.3, -0.25) is 9.59 Å². The van der Waals surface area contributed by atoms with E-state index in [9.17, 15) is 18.4 Å². The lowest BCUT2D eigenvalue weighted by molar-refractivity contribution is -0.286. The maximum Gasteiger partial charge on any atom is 0.586 e. The zero-order valence-electron chi connectivity index (χ0n) is 24.7. The number of nitrogens with one attached hydrogen (secondary N) is 2. The summed E-state index contributed by atoms with van der Waals surface area (Å²) in [4.78, 5) is 43.2. The van der Waals surface area contributed by atoms with E-state index in [4.69, 9.17) is 27.9 Å². The molecule has 0 spiro atoms. The highest BCUT2D eigenvalue weighted by Gasteiger charge is 2.43. The fraction of sp³-hybridized carbons (Fsp3) is 0.414. The largest absolute Gasteiger partial charge is 0.586 e. The van der Waals surface area contributed by atoms with Crippen LogP contribution in [0.25, 0.3) is 0 Å². The van der Waals surface area contributed by atoms with Crippen LogP contribution in [-0.2, 0) is 4.79 Å². The molecule has 2 fully saturated rings. The summed E-state index contributed by atoms with van der Waals surface area (Å²) in [6.45, 7) is 2.13. The smallest absolute Gasteiger partial charge is 0.395 e. The number of rotatable bonds is 8. The molecule has 244 valence electrons. The van der Waals surface area contributed by atoms with Crippen molar-refractivity contribution in [3.63, 3.8) is 0 Å². The number of alkyl halides is 2. The third-order valence-electron chi connectivity index (χ3n) is 7.68. The van der Waals surface area contributed by atoms with Gasteiger partial charge in [0.05, 0.1) is 6.42 Å². The Kier molecular flexibility index (Phi) is 8.56. The molecule has 0 radical (unpaired) electrons. The zero-order chi connectivity index (χ0) is 32.6. The van der Waals surface area contributed by atoms with E-state index in [-0.39, 0.29) is 52.9 Å². The van der Waals surface area contributed by atoms with Crippen LogP contribution in [0.3, 0.4) is 0 Å². The number of nitrogens with zero attached hydrogens (tertiary/aromatic N) is 5. The molecule has 1 aromatic heterocycles. The predicted octanol–water partition coefficient (Wildman–Crippen LogP) is 0.878. The van der Waals surface area contributed by atoms with Gasteiger partial charge in [0.25, 0.3) is 0 Å². The van der Waals surface area contributed by atoms with Gasteiger partial charge in [-0.25, -0.2) is 0 Å². The normalized spacial score (nSPS) is 23.6. The standard InChI is InChI=1S/C29H35F2N11O4/c30-29(31)45-23-6-5-21(9-24(23)46-29)36-25(44)10-22(43)15-1-3-20(4-2-15)37-26-38-27(41-11-16(32)7-17(33)12-41)40-28(39-26)42-13-18(34)8-19(35)14-42/h1-6,9,16-19H,7-8,10-14,32-35H2,(H,36,44)(H,37,38,39,40)/t16-,17+,18-,19+. The molecule has 17 heteroatoms. The molecule has 4 atom stereocenters. The van der Waals surface area contributed by atoms with Crippen LogP contribution in [0.2, 0.25) is 0 Å². The van der Waals surface area contributed by atoms with E-state index in [0.717, 1.165) is 0 Å². The minimum atomic E-state index is -3.78. The molecule has 0 bridgehead atoms. The molecule has 3 aromatic rings. The number of anilines is 5. The lowest BCUT2D eigenvalue weighted by atomic mass is 10.0. The first-order valence-corrected chi connectivity index (χ1v) is 14.8. The van der Waals surface area contributed by atoms with Crippen molar-refractivity contribution in [3.8, 4) is 11.5 Å². The van der Waals surface area contributed by atoms with Crippen LogP contribution in [0, 0.1) is 0 Å². The molecule has 3 aliphatic rings. The highest BCUT2D eigenvalue weighted by Crippen LogP contribution is 2.42. The Morgan fingerprint density at radius 2 is 1.30 bits per heavy atom. The van der Waals surface area contributed by atoms with Crippen molar-refractivity contribution in [1.82, 2.24) is 15.0 Å². The van der Waals surface area contributed by atoms with Crippen LogP contribution in [0.15, 0.2) is 42.5 Å². The molecule has 2 aromatic carbocycles. The van der Waals surface area contributed by atoms with Crippen molar-refractivity contribution in [2.75, 3.05) is 46.6 Å². The first-order valence-electron chi connectivity index (χ1n) is 14.8. The van der Waals surface area contributed by atoms with E-state index < -0.39 is 24.4 Å². The Morgan fingerprint density at radius 3 is 1.87 bits per heavy atom. The fourth-order valence-corrected chi connectivity index (χ4v) is 5.72. The van der Waals surface area contributed by atoms with Gasteiger partial charge >= 0.3 is 6.29 Å². The number of piperidine rings is 2. The molecule has 46 heavy (non-hydrogen) atoms. The zero-order valence-corrected chi connectivity index (χ0v) is 24.7.